The minimum Gasteiger partial charge on any atom is -0.210 e. The molecule has 0 aromatic rings. The van der Waals surface area contributed by atoms with Crippen molar-refractivity contribution in [3.8, 4) is 6.07 Å². The molecule has 13 heavy (non-hydrogen) atoms. The number of hydrogen-bond donors (Lipinski definition) is 0. The van der Waals surface area contributed by atoms with Crippen molar-refractivity contribution in [1.29, 1.82) is 5.26 Å². The second-order valence-electron chi connectivity index (χ2n) is 3.94. The number of halogens is 2. The van der Waals surface area contributed by atoms with E-state index in [1.54, 1.807) is 0 Å². The van der Waals surface area contributed by atoms with Crippen molar-refractivity contribution in [3.63, 3.8) is 0 Å². The summed E-state index contributed by atoms with van der Waals surface area (Å²) < 4.78 is 24.8. The Balaban J connectivity index is 2.47. The molecule has 0 saturated heterocycles. The quantitative estimate of drug-likeness (QED) is 0.651. The van der Waals surface area contributed by atoms with Gasteiger partial charge < -0.3 is 0 Å². The van der Waals surface area contributed by atoms with Crippen LogP contribution in [0.15, 0.2) is 0 Å². The van der Waals surface area contributed by atoms with Gasteiger partial charge in [0.1, 0.15) is 0 Å². The summed E-state index contributed by atoms with van der Waals surface area (Å²) in [6.45, 7) is 1.83. The molecule has 1 aliphatic rings. The van der Waals surface area contributed by atoms with Crippen LogP contribution in [0.5, 0.6) is 0 Å². The molecule has 1 saturated carbocycles. The molecule has 0 bridgehead atoms. The number of nitrogens with zero attached hydrogens (tertiary/aromatic N) is 1. The van der Waals surface area contributed by atoms with E-state index in [1.165, 1.54) is 0 Å². The van der Waals surface area contributed by atoms with Crippen molar-refractivity contribution in [2.75, 3.05) is 0 Å². The molecule has 1 nitrogen and oxygen atoms in total. The average molecular weight is 187 g/mol. The first-order chi connectivity index (χ1) is 6.15. The third-order valence-electron chi connectivity index (χ3n) is 3.02. The predicted molar refractivity (Wildman–Crippen MR) is 46.2 cm³/mol. The lowest BCUT2D eigenvalue weighted by Gasteiger charge is -2.29. The zero-order valence-corrected chi connectivity index (χ0v) is 7.84. The summed E-state index contributed by atoms with van der Waals surface area (Å²) in [6.07, 6.45) is 0.760. The topological polar surface area (TPSA) is 23.8 Å². The van der Waals surface area contributed by atoms with Crippen LogP contribution in [0.2, 0.25) is 0 Å². The highest BCUT2D eigenvalue weighted by Crippen LogP contribution is 2.36. The van der Waals surface area contributed by atoms with Crippen LogP contribution in [-0.4, -0.2) is 6.43 Å². The smallest absolute Gasteiger partial charge is 0.210 e. The lowest BCUT2D eigenvalue weighted by Crippen LogP contribution is -2.24. The van der Waals surface area contributed by atoms with E-state index in [9.17, 15) is 8.78 Å². The number of hydrogen-bond acceptors (Lipinski definition) is 1. The van der Waals surface area contributed by atoms with Crippen LogP contribution in [0.3, 0.4) is 0 Å². The molecule has 3 atom stereocenters. The van der Waals surface area contributed by atoms with Crippen LogP contribution in [-0.2, 0) is 0 Å². The molecule has 0 spiro atoms. The van der Waals surface area contributed by atoms with E-state index in [4.69, 9.17) is 5.26 Å². The summed E-state index contributed by atoms with van der Waals surface area (Å²) in [5.74, 6) is -0.339. The van der Waals surface area contributed by atoms with E-state index in [0.29, 0.717) is 12.8 Å². The Kier molecular flexibility index (Phi) is 3.65. The molecule has 0 radical (unpaired) electrons. The minimum absolute atomic E-state index is 0.0680. The van der Waals surface area contributed by atoms with Crippen molar-refractivity contribution < 1.29 is 8.78 Å². The van der Waals surface area contributed by atoms with Crippen LogP contribution in [0, 0.1) is 29.1 Å². The molecule has 1 rings (SSSR count). The molecule has 0 amide bonds. The van der Waals surface area contributed by atoms with Gasteiger partial charge in [0.15, 0.2) is 0 Å². The van der Waals surface area contributed by atoms with Gasteiger partial charge in [0.05, 0.1) is 6.07 Å². The second kappa shape index (κ2) is 4.55. The van der Waals surface area contributed by atoms with Crippen molar-refractivity contribution in [1.82, 2.24) is 0 Å². The third kappa shape index (κ3) is 2.65. The highest BCUT2D eigenvalue weighted by Gasteiger charge is 2.30. The molecular formula is C10H15F2N. The first-order valence-electron chi connectivity index (χ1n) is 4.83. The maximum Gasteiger partial charge on any atom is 0.241 e. The van der Waals surface area contributed by atoms with Gasteiger partial charge in [0.25, 0.3) is 0 Å². The number of rotatable bonds is 2. The van der Waals surface area contributed by atoms with Gasteiger partial charge in [-0.15, -0.1) is 0 Å². The van der Waals surface area contributed by atoms with Gasteiger partial charge >= 0.3 is 0 Å². The van der Waals surface area contributed by atoms with E-state index < -0.39 is 12.3 Å². The van der Waals surface area contributed by atoms with Crippen LogP contribution in [0.25, 0.3) is 0 Å². The van der Waals surface area contributed by atoms with E-state index >= 15 is 0 Å². The normalized spacial score (nSPS) is 31.3. The Hall–Kier alpha value is -0.650. The predicted octanol–water partition coefficient (Wildman–Crippen LogP) is 3.22. The van der Waals surface area contributed by atoms with Gasteiger partial charge in [-0.25, -0.2) is 8.78 Å². The minimum atomic E-state index is -2.20. The summed E-state index contributed by atoms with van der Waals surface area (Å²) >= 11 is 0. The summed E-state index contributed by atoms with van der Waals surface area (Å²) in [4.78, 5) is 0. The molecule has 0 heterocycles. The Morgan fingerprint density at radius 2 is 1.92 bits per heavy atom. The van der Waals surface area contributed by atoms with Gasteiger partial charge in [-0.1, -0.05) is 6.42 Å². The summed E-state index contributed by atoms with van der Waals surface area (Å²) in [6, 6.07) is 2.15. The molecular weight excluding hydrogens is 172 g/mol. The van der Waals surface area contributed by atoms with Crippen LogP contribution in [0.1, 0.15) is 32.6 Å². The van der Waals surface area contributed by atoms with Crippen molar-refractivity contribution >= 4 is 0 Å². The lowest BCUT2D eigenvalue weighted by molar-refractivity contribution is 0.0372. The fraction of sp³-hybridized carbons (Fsp3) is 0.900. The maximum atomic E-state index is 12.4. The zero-order chi connectivity index (χ0) is 9.84. The first-order valence-corrected chi connectivity index (χ1v) is 4.83. The average Bonchev–Trinajstić information content (AvgIpc) is 2.17. The largest absolute Gasteiger partial charge is 0.241 e. The molecule has 1 fully saturated rings. The Morgan fingerprint density at radius 3 is 2.46 bits per heavy atom. The first kappa shape index (κ1) is 10.4. The van der Waals surface area contributed by atoms with Crippen LogP contribution >= 0.6 is 0 Å². The molecule has 3 heteroatoms. The fourth-order valence-electron chi connectivity index (χ4n) is 2.06. The zero-order valence-electron chi connectivity index (χ0n) is 7.84. The third-order valence-corrected chi connectivity index (χ3v) is 3.02. The van der Waals surface area contributed by atoms with E-state index in [2.05, 4.69) is 6.07 Å². The maximum absolute atomic E-state index is 12.4. The molecule has 0 aromatic heterocycles. The van der Waals surface area contributed by atoms with Gasteiger partial charge in [-0.3, -0.25) is 0 Å². The van der Waals surface area contributed by atoms with E-state index in [0.717, 1.165) is 12.8 Å². The number of nitriles is 1. The molecule has 0 aliphatic heterocycles. The van der Waals surface area contributed by atoms with Gasteiger partial charge in [-0.05, 0) is 32.1 Å². The van der Waals surface area contributed by atoms with E-state index in [1.807, 2.05) is 6.92 Å². The van der Waals surface area contributed by atoms with Crippen molar-refractivity contribution in [2.24, 2.45) is 17.8 Å². The van der Waals surface area contributed by atoms with E-state index in [-0.39, 0.29) is 11.8 Å². The molecule has 3 unspecified atom stereocenters. The Morgan fingerprint density at radius 1 is 1.31 bits per heavy atom. The summed E-state index contributed by atoms with van der Waals surface area (Å²) in [5, 5.41) is 8.67. The van der Waals surface area contributed by atoms with Gasteiger partial charge in [-0.2, -0.15) is 5.26 Å². The lowest BCUT2D eigenvalue weighted by atomic mass is 9.76. The standard InChI is InChI=1S/C10H15F2N/c1-7(6-13)8-3-2-4-9(5-8)10(11)12/h7-10H,2-5H2,1H3. The van der Waals surface area contributed by atoms with Crippen molar-refractivity contribution in [2.45, 2.75) is 39.0 Å². The van der Waals surface area contributed by atoms with Crippen molar-refractivity contribution in [3.05, 3.63) is 0 Å². The van der Waals surface area contributed by atoms with Crippen LogP contribution in [0.4, 0.5) is 8.78 Å². The fourth-order valence-corrected chi connectivity index (χ4v) is 2.06. The highest BCUT2D eigenvalue weighted by atomic mass is 19.3. The van der Waals surface area contributed by atoms with Crippen LogP contribution < -0.4 is 0 Å². The van der Waals surface area contributed by atoms with Gasteiger partial charge in [0, 0.05) is 11.8 Å². The monoisotopic (exact) mass is 187 g/mol. The molecule has 0 N–H and O–H groups in total. The molecule has 0 aromatic carbocycles. The second-order valence-corrected chi connectivity index (χ2v) is 3.94. The molecule has 1 aliphatic carbocycles. The highest BCUT2D eigenvalue weighted by molar-refractivity contribution is 4.88. The summed E-state index contributed by atoms with van der Waals surface area (Å²) in [7, 11) is 0. The Labute approximate surface area is 77.7 Å². The number of alkyl halides is 2. The Bertz CT molecular complexity index is 198. The SMILES string of the molecule is CC(C#N)C1CCCC(C(F)F)C1. The summed E-state index contributed by atoms with van der Waals surface area (Å²) in [5.41, 5.74) is 0. The van der Waals surface area contributed by atoms with Gasteiger partial charge in [0.2, 0.25) is 6.43 Å². The molecule has 74 valence electrons.